The maximum absolute atomic E-state index is 13.4. The molecular weight excluding hydrogens is 439 g/mol. The molecule has 1 aromatic heterocycles. The molecule has 0 saturated heterocycles. The minimum absolute atomic E-state index is 0.179. The lowest BCUT2D eigenvalue weighted by atomic mass is 10.1. The van der Waals surface area contributed by atoms with Gasteiger partial charge in [-0.05, 0) is 29.8 Å². The minimum atomic E-state index is -0.593. The first-order valence-corrected chi connectivity index (χ1v) is 10.5. The van der Waals surface area contributed by atoms with Crippen molar-refractivity contribution in [2.75, 3.05) is 6.61 Å². The standard InChI is InChI=1S/C23H16ClFN2O3S/c24-21-17-11-10-15(25)12-19(17)31-22(21)23(29)27-26-20(28)13-30-18-9-5-4-8-16(18)14-6-2-1-3-7-14/h1-12H,13H2,(H,26,28)(H,27,29). The number of fused-ring (bicyclic) bond motifs is 1. The number of halogens is 2. The van der Waals surface area contributed by atoms with Gasteiger partial charge in [-0.3, -0.25) is 20.4 Å². The van der Waals surface area contributed by atoms with Crippen LogP contribution >= 0.6 is 22.9 Å². The molecule has 0 bridgehead atoms. The van der Waals surface area contributed by atoms with Gasteiger partial charge in [0.15, 0.2) is 6.61 Å². The molecule has 4 aromatic rings. The number of carbonyl (C=O) groups excluding carboxylic acids is 2. The summed E-state index contributed by atoms with van der Waals surface area (Å²) in [5.74, 6) is -1.01. The minimum Gasteiger partial charge on any atom is -0.483 e. The summed E-state index contributed by atoms with van der Waals surface area (Å²) >= 11 is 7.27. The Hall–Kier alpha value is -3.42. The molecule has 0 saturated carbocycles. The SMILES string of the molecule is O=C(COc1ccccc1-c1ccccc1)NNC(=O)c1sc2cc(F)ccc2c1Cl. The highest BCUT2D eigenvalue weighted by Gasteiger charge is 2.18. The molecule has 0 radical (unpaired) electrons. The Morgan fingerprint density at radius 2 is 1.71 bits per heavy atom. The highest BCUT2D eigenvalue weighted by atomic mass is 35.5. The number of carbonyl (C=O) groups is 2. The molecule has 0 aliphatic rings. The number of benzene rings is 3. The van der Waals surface area contributed by atoms with Crippen molar-refractivity contribution in [1.82, 2.24) is 10.9 Å². The molecule has 1 heterocycles. The van der Waals surface area contributed by atoms with Gasteiger partial charge < -0.3 is 4.74 Å². The third-order valence-electron chi connectivity index (χ3n) is 4.44. The Morgan fingerprint density at radius 3 is 2.52 bits per heavy atom. The zero-order chi connectivity index (χ0) is 21.8. The van der Waals surface area contributed by atoms with Gasteiger partial charge in [0.1, 0.15) is 16.4 Å². The smallest absolute Gasteiger partial charge is 0.281 e. The summed E-state index contributed by atoms with van der Waals surface area (Å²) in [5.41, 5.74) is 6.43. The molecule has 2 amide bonds. The molecule has 0 spiro atoms. The van der Waals surface area contributed by atoms with E-state index in [1.54, 1.807) is 6.07 Å². The highest BCUT2D eigenvalue weighted by Crippen LogP contribution is 2.35. The number of rotatable bonds is 5. The van der Waals surface area contributed by atoms with E-state index in [1.165, 1.54) is 18.2 Å². The van der Waals surface area contributed by atoms with Crippen LogP contribution in [-0.2, 0) is 4.79 Å². The summed E-state index contributed by atoms with van der Waals surface area (Å²) in [4.78, 5) is 24.8. The predicted octanol–water partition coefficient (Wildman–Crippen LogP) is 5.20. The van der Waals surface area contributed by atoms with Crippen molar-refractivity contribution in [3.8, 4) is 16.9 Å². The van der Waals surface area contributed by atoms with Crippen molar-refractivity contribution in [3.63, 3.8) is 0 Å². The molecule has 0 atom stereocenters. The van der Waals surface area contributed by atoms with Gasteiger partial charge in [0, 0.05) is 15.6 Å². The molecule has 0 fully saturated rings. The number of hydrogen-bond acceptors (Lipinski definition) is 4. The second-order valence-electron chi connectivity index (χ2n) is 6.54. The van der Waals surface area contributed by atoms with Gasteiger partial charge in [-0.1, -0.05) is 60.1 Å². The summed E-state index contributed by atoms with van der Waals surface area (Å²) in [6, 6.07) is 21.1. The number of hydrazine groups is 1. The molecule has 0 unspecified atom stereocenters. The van der Waals surface area contributed by atoms with E-state index in [4.69, 9.17) is 16.3 Å². The van der Waals surface area contributed by atoms with Gasteiger partial charge in [-0.2, -0.15) is 0 Å². The fourth-order valence-electron chi connectivity index (χ4n) is 3.00. The average Bonchev–Trinajstić information content (AvgIpc) is 3.12. The van der Waals surface area contributed by atoms with Crippen LogP contribution in [0.2, 0.25) is 5.02 Å². The van der Waals surface area contributed by atoms with E-state index in [2.05, 4.69) is 10.9 Å². The quantitative estimate of drug-likeness (QED) is 0.407. The predicted molar refractivity (Wildman–Crippen MR) is 120 cm³/mol. The van der Waals surface area contributed by atoms with E-state index in [0.29, 0.717) is 15.8 Å². The van der Waals surface area contributed by atoms with Gasteiger partial charge >= 0.3 is 0 Å². The van der Waals surface area contributed by atoms with Crippen molar-refractivity contribution in [1.29, 1.82) is 0 Å². The topological polar surface area (TPSA) is 67.4 Å². The third-order valence-corrected chi connectivity index (χ3v) is 6.10. The van der Waals surface area contributed by atoms with E-state index in [-0.39, 0.29) is 16.5 Å². The Kier molecular flexibility index (Phi) is 6.16. The second kappa shape index (κ2) is 9.16. The van der Waals surface area contributed by atoms with Crippen LogP contribution in [-0.4, -0.2) is 18.4 Å². The lowest BCUT2D eigenvalue weighted by molar-refractivity contribution is -0.123. The maximum atomic E-state index is 13.4. The van der Waals surface area contributed by atoms with Crippen LogP contribution in [0.15, 0.2) is 72.8 Å². The lowest BCUT2D eigenvalue weighted by Gasteiger charge is -2.12. The molecular formula is C23H16ClFN2O3S. The summed E-state index contributed by atoms with van der Waals surface area (Å²) in [6.45, 7) is -0.296. The number of para-hydroxylation sites is 1. The van der Waals surface area contributed by atoms with Crippen molar-refractivity contribution >= 4 is 44.8 Å². The Balaban J connectivity index is 1.38. The van der Waals surface area contributed by atoms with E-state index in [1.807, 2.05) is 48.5 Å². The van der Waals surface area contributed by atoms with E-state index in [9.17, 15) is 14.0 Å². The van der Waals surface area contributed by atoms with Gasteiger partial charge in [-0.15, -0.1) is 11.3 Å². The first-order valence-electron chi connectivity index (χ1n) is 9.27. The number of hydrogen-bond donors (Lipinski definition) is 2. The van der Waals surface area contributed by atoms with Crippen molar-refractivity contribution in [2.24, 2.45) is 0 Å². The molecule has 0 aliphatic carbocycles. The van der Waals surface area contributed by atoms with E-state index < -0.39 is 17.6 Å². The van der Waals surface area contributed by atoms with E-state index in [0.717, 1.165) is 22.5 Å². The summed E-state index contributed by atoms with van der Waals surface area (Å²) in [5, 5.41) is 0.783. The third kappa shape index (κ3) is 4.68. The van der Waals surface area contributed by atoms with Crippen LogP contribution in [0.5, 0.6) is 5.75 Å². The molecule has 2 N–H and O–H groups in total. The monoisotopic (exact) mass is 454 g/mol. The number of nitrogens with one attached hydrogen (secondary N) is 2. The van der Waals surface area contributed by atoms with Crippen molar-refractivity contribution in [3.05, 3.63) is 88.5 Å². The summed E-state index contributed by atoms with van der Waals surface area (Å²) in [7, 11) is 0. The van der Waals surface area contributed by atoms with Crippen molar-refractivity contribution in [2.45, 2.75) is 0 Å². The molecule has 3 aromatic carbocycles. The molecule has 8 heteroatoms. The van der Waals surface area contributed by atoms with Crippen LogP contribution in [0, 0.1) is 5.82 Å². The fraction of sp³-hybridized carbons (Fsp3) is 0.0435. The molecule has 4 rings (SSSR count). The first-order chi connectivity index (χ1) is 15.0. The zero-order valence-electron chi connectivity index (χ0n) is 16.0. The Bertz CT molecular complexity index is 1260. The lowest BCUT2D eigenvalue weighted by Crippen LogP contribution is -2.43. The van der Waals surface area contributed by atoms with E-state index >= 15 is 0 Å². The summed E-state index contributed by atoms with van der Waals surface area (Å²) < 4.78 is 19.6. The van der Waals surface area contributed by atoms with Crippen LogP contribution in [0.3, 0.4) is 0 Å². The number of thiophene rings is 1. The summed E-state index contributed by atoms with van der Waals surface area (Å²) in [6.07, 6.45) is 0. The maximum Gasteiger partial charge on any atom is 0.281 e. The number of ether oxygens (including phenoxy) is 1. The van der Waals surface area contributed by atoms with Crippen LogP contribution in [0.25, 0.3) is 21.2 Å². The van der Waals surface area contributed by atoms with Gasteiger partial charge in [0.2, 0.25) is 0 Å². The largest absolute Gasteiger partial charge is 0.483 e. The van der Waals surface area contributed by atoms with Crippen molar-refractivity contribution < 1.29 is 18.7 Å². The molecule has 31 heavy (non-hydrogen) atoms. The van der Waals surface area contributed by atoms with Gasteiger partial charge in [-0.25, -0.2) is 4.39 Å². The first kappa shape index (κ1) is 20.8. The van der Waals surface area contributed by atoms with Gasteiger partial charge in [0.25, 0.3) is 11.8 Å². The van der Waals surface area contributed by atoms with Gasteiger partial charge in [0.05, 0.1) is 5.02 Å². The van der Waals surface area contributed by atoms with Crippen LogP contribution in [0.4, 0.5) is 4.39 Å². The zero-order valence-corrected chi connectivity index (χ0v) is 17.6. The average molecular weight is 455 g/mol. The Labute approximate surface area is 186 Å². The Morgan fingerprint density at radius 1 is 0.968 bits per heavy atom. The fourth-order valence-corrected chi connectivity index (χ4v) is 4.43. The van der Waals surface area contributed by atoms with Crippen LogP contribution < -0.4 is 15.6 Å². The molecule has 5 nitrogen and oxygen atoms in total. The highest BCUT2D eigenvalue weighted by molar-refractivity contribution is 7.21. The molecule has 0 aliphatic heterocycles. The normalized spacial score (nSPS) is 10.6. The number of amides is 2. The second-order valence-corrected chi connectivity index (χ2v) is 7.97. The molecule has 156 valence electrons. The van der Waals surface area contributed by atoms with Crippen LogP contribution in [0.1, 0.15) is 9.67 Å².